The van der Waals surface area contributed by atoms with Crippen molar-refractivity contribution in [2.24, 2.45) is 5.73 Å². The largest absolute Gasteiger partial charge is 0.487 e. The van der Waals surface area contributed by atoms with Crippen LogP contribution in [0.15, 0.2) is 30.3 Å². The van der Waals surface area contributed by atoms with E-state index in [9.17, 15) is 8.78 Å². The van der Waals surface area contributed by atoms with Gasteiger partial charge in [-0.15, -0.1) is 0 Å². The van der Waals surface area contributed by atoms with E-state index in [0.29, 0.717) is 24.3 Å². The minimum atomic E-state index is -0.618. The van der Waals surface area contributed by atoms with E-state index in [1.165, 1.54) is 12.1 Å². The fourth-order valence-corrected chi connectivity index (χ4v) is 1.90. The Morgan fingerprint density at radius 1 is 1.15 bits per heavy atom. The summed E-state index contributed by atoms with van der Waals surface area (Å²) in [4.78, 5) is 4.36. The Kier molecular flexibility index (Phi) is 4.63. The van der Waals surface area contributed by atoms with Gasteiger partial charge in [-0.1, -0.05) is 0 Å². The van der Waals surface area contributed by atoms with Crippen molar-refractivity contribution in [2.45, 2.75) is 20.0 Å². The molecule has 0 atom stereocenters. The van der Waals surface area contributed by atoms with Crippen molar-refractivity contribution in [1.82, 2.24) is 4.98 Å². The van der Waals surface area contributed by atoms with Gasteiger partial charge in [0.1, 0.15) is 24.0 Å². The fraction of sp³-hybridized carbons (Fsp3) is 0.267. The van der Waals surface area contributed by atoms with Gasteiger partial charge in [-0.2, -0.15) is 0 Å². The van der Waals surface area contributed by atoms with Crippen LogP contribution in [-0.4, -0.2) is 11.5 Å². The molecule has 0 aliphatic carbocycles. The molecule has 1 aromatic carbocycles. The first-order chi connectivity index (χ1) is 9.58. The van der Waals surface area contributed by atoms with Crippen LogP contribution in [0.25, 0.3) is 0 Å². The Bertz CT molecular complexity index is 582. The summed E-state index contributed by atoms with van der Waals surface area (Å²) in [5.41, 5.74) is 7.59. The van der Waals surface area contributed by atoms with Crippen LogP contribution >= 0.6 is 0 Å². The summed E-state index contributed by atoms with van der Waals surface area (Å²) in [5.74, 6) is -0.647. The van der Waals surface area contributed by atoms with E-state index < -0.39 is 11.6 Å². The molecule has 0 saturated carbocycles. The maximum absolute atomic E-state index is 13.1. The molecule has 0 aliphatic rings. The van der Waals surface area contributed by atoms with Gasteiger partial charge in [0.15, 0.2) is 0 Å². The van der Waals surface area contributed by atoms with E-state index in [1.807, 2.05) is 13.0 Å². The molecule has 0 saturated heterocycles. The monoisotopic (exact) mass is 278 g/mol. The zero-order valence-electron chi connectivity index (χ0n) is 11.2. The molecule has 2 aromatic rings. The third kappa shape index (κ3) is 3.74. The molecule has 2 N–H and O–H groups in total. The molecule has 0 amide bonds. The third-order valence-corrected chi connectivity index (χ3v) is 2.77. The van der Waals surface area contributed by atoms with Crippen LogP contribution in [0.1, 0.15) is 17.0 Å². The van der Waals surface area contributed by atoms with Crippen molar-refractivity contribution < 1.29 is 13.5 Å². The summed E-state index contributed by atoms with van der Waals surface area (Å²) < 4.78 is 31.8. The molecule has 20 heavy (non-hydrogen) atoms. The highest BCUT2D eigenvalue weighted by atomic mass is 19.1. The van der Waals surface area contributed by atoms with Crippen LogP contribution in [0.2, 0.25) is 0 Å². The number of hydrogen-bond acceptors (Lipinski definition) is 3. The first-order valence-corrected chi connectivity index (χ1v) is 6.33. The van der Waals surface area contributed by atoms with Crippen molar-refractivity contribution >= 4 is 0 Å². The number of rotatable bonds is 5. The Balaban J connectivity index is 2.13. The number of aromatic nitrogens is 1. The number of hydrogen-bond donors (Lipinski definition) is 1. The maximum Gasteiger partial charge on any atom is 0.141 e. The van der Waals surface area contributed by atoms with Crippen molar-refractivity contribution in [2.75, 3.05) is 6.54 Å². The topological polar surface area (TPSA) is 48.1 Å². The Morgan fingerprint density at radius 2 is 1.85 bits per heavy atom. The molecule has 0 spiro atoms. The van der Waals surface area contributed by atoms with Crippen LogP contribution in [0.3, 0.4) is 0 Å². The average Bonchev–Trinajstić information content (AvgIpc) is 2.37. The summed E-state index contributed by atoms with van der Waals surface area (Å²) >= 11 is 0. The highest BCUT2D eigenvalue weighted by Crippen LogP contribution is 2.19. The molecule has 0 radical (unpaired) electrons. The molecule has 0 bridgehead atoms. The van der Waals surface area contributed by atoms with Crippen LogP contribution in [0, 0.1) is 18.6 Å². The lowest BCUT2D eigenvalue weighted by Gasteiger charge is -2.11. The minimum absolute atomic E-state index is 0.0803. The predicted molar refractivity (Wildman–Crippen MR) is 72.4 cm³/mol. The molecule has 1 aromatic heterocycles. The minimum Gasteiger partial charge on any atom is -0.487 e. The van der Waals surface area contributed by atoms with E-state index in [2.05, 4.69) is 4.98 Å². The van der Waals surface area contributed by atoms with Crippen molar-refractivity contribution in [1.29, 1.82) is 0 Å². The molecule has 2 rings (SSSR count). The Hall–Kier alpha value is -2.01. The van der Waals surface area contributed by atoms with Crippen LogP contribution < -0.4 is 10.5 Å². The molecule has 0 unspecified atom stereocenters. The SMILES string of the molecule is Cc1ccc(OCc2cc(F)cc(F)c2)c(CCN)n1. The molecule has 3 nitrogen and oxygen atoms in total. The van der Waals surface area contributed by atoms with Gasteiger partial charge in [0.2, 0.25) is 0 Å². The summed E-state index contributed by atoms with van der Waals surface area (Å²) in [5, 5.41) is 0. The van der Waals surface area contributed by atoms with Crippen LogP contribution in [0.5, 0.6) is 5.75 Å². The van der Waals surface area contributed by atoms with Crippen LogP contribution in [0.4, 0.5) is 8.78 Å². The van der Waals surface area contributed by atoms with Crippen molar-refractivity contribution in [3.05, 3.63) is 58.9 Å². The Morgan fingerprint density at radius 3 is 2.50 bits per heavy atom. The lowest BCUT2D eigenvalue weighted by atomic mass is 10.2. The lowest BCUT2D eigenvalue weighted by Crippen LogP contribution is -2.08. The van der Waals surface area contributed by atoms with E-state index in [-0.39, 0.29) is 6.61 Å². The molecule has 5 heteroatoms. The number of benzene rings is 1. The summed E-state index contributed by atoms with van der Waals surface area (Å²) in [6, 6.07) is 6.93. The number of nitrogens with zero attached hydrogens (tertiary/aromatic N) is 1. The molecular formula is C15H16F2N2O. The molecule has 0 fully saturated rings. The standard InChI is InChI=1S/C15H16F2N2O/c1-10-2-3-15(14(19-10)4-5-18)20-9-11-6-12(16)8-13(17)7-11/h2-3,6-8H,4-5,9,18H2,1H3. The number of aryl methyl sites for hydroxylation is 1. The molecule has 106 valence electrons. The van der Waals surface area contributed by atoms with E-state index in [1.54, 1.807) is 6.07 Å². The molecule has 0 aliphatic heterocycles. The van der Waals surface area contributed by atoms with Gasteiger partial charge in [-0.3, -0.25) is 4.98 Å². The number of halogens is 2. The van der Waals surface area contributed by atoms with E-state index >= 15 is 0 Å². The fourth-order valence-electron chi connectivity index (χ4n) is 1.90. The van der Waals surface area contributed by atoms with Gasteiger partial charge < -0.3 is 10.5 Å². The number of pyridine rings is 1. The van der Waals surface area contributed by atoms with Crippen molar-refractivity contribution in [3.63, 3.8) is 0 Å². The van der Waals surface area contributed by atoms with Gasteiger partial charge in [0.25, 0.3) is 0 Å². The number of ether oxygens (including phenoxy) is 1. The summed E-state index contributed by atoms with van der Waals surface area (Å²) in [7, 11) is 0. The maximum atomic E-state index is 13.1. The predicted octanol–water partition coefficient (Wildman–Crippen LogP) is 2.75. The van der Waals surface area contributed by atoms with E-state index in [0.717, 1.165) is 17.5 Å². The zero-order chi connectivity index (χ0) is 14.5. The number of nitrogens with two attached hydrogens (primary N) is 1. The summed E-state index contributed by atoms with van der Waals surface area (Å²) in [6.07, 6.45) is 0.592. The van der Waals surface area contributed by atoms with Gasteiger partial charge in [0.05, 0.1) is 5.69 Å². The second kappa shape index (κ2) is 6.43. The molecule has 1 heterocycles. The highest BCUT2D eigenvalue weighted by Gasteiger charge is 2.07. The lowest BCUT2D eigenvalue weighted by molar-refractivity contribution is 0.299. The smallest absolute Gasteiger partial charge is 0.141 e. The zero-order valence-corrected chi connectivity index (χ0v) is 11.2. The quantitative estimate of drug-likeness (QED) is 0.914. The Labute approximate surface area is 116 Å². The second-order valence-corrected chi connectivity index (χ2v) is 4.50. The third-order valence-electron chi connectivity index (χ3n) is 2.77. The second-order valence-electron chi connectivity index (χ2n) is 4.50. The highest BCUT2D eigenvalue weighted by molar-refractivity contribution is 5.30. The normalized spacial score (nSPS) is 10.6. The van der Waals surface area contributed by atoms with Crippen LogP contribution in [-0.2, 0) is 13.0 Å². The van der Waals surface area contributed by atoms with Gasteiger partial charge >= 0.3 is 0 Å². The summed E-state index contributed by atoms with van der Waals surface area (Å²) in [6.45, 7) is 2.42. The first kappa shape index (κ1) is 14.4. The van der Waals surface area contributed by atoms with Gasteiger partial charge in [0, 0.05) is 18.2 Å². The van der Waals surface area contributed by atoms with Gasteiger partial charge in [-0.05, 0) is 43.3 Å². The van der Waals surface area contributed by atoms with E-state index in [4.69, 9.17) is 10.5 Å². The first-order valence-electron chi connectivity index (χ1n) is 6.33. The molecular weight excluding hydrogens is 262 g/mol. The van der Waals surface area contributed by atoms with Crippen molar-refractivity contribution in [3.8, 4) is 5.75 Å². The van der Waals surface area contributed by atoms with Gasteiger partial charge in [-0.25, -0.2) is 8.78 Å². The average molecular weight is 278 g/mol.